The molecule has 0 saturated heterocycles. The normalized spacial score (nSPS) is 10.9. The van der Waals surface area contributed by atoms with Gasteiger partial charge in [0.15, 0.2) is 0 Å². The maximum atomic E-state index is 13.2. The van der Waals surface area contributed by atoms with Crippen LogP contribution in [-0.4, -0.2) is 25.2 Å². The molecule has 184 valence electrons. The van der Waals surface area contributed by atoms with Crippen molar-refractivity contribution in [2.75, 3.05) is 11.1 Å². The Morgan fingerprint density at radius 3 is 2.30 bits per heavy atom. The maximum absolute atomic E-state index is 13.2. The zero-order chi connectivity index (χ0) is 25.9. The van der Waals surface area contributed by atoms with Crippen molar-refractivity contribution in [1.29, 1.82) is 0 Å². The van der Waals surface area contributed by atoms with Crippen molar-refractivity contribution in [3.63, 3.8) is 0 Å². The first-order valence-electron chi connectivity index (χ1n) is 11.9. The van der Waals surface area contributed by atoms with Gasteiger partial charge in [0.05, 0.1) is 6.20 Å². The van der Waals surface area contributed by atoms with Crippen LogP contribution >= 0.6 is 0 Å². The van der Waals surface area contributed by atoms with E-state index in [2.05, 4.69) is 15.4 Å². The standard InChI is InChI=1S/C29H26N6O2/c1-3-35-17-25(19-7-5-4-6-8-19)27(36)26(18-35)29(37)33-23-11-9-20(10-12-23)24-13-21(14-31-28(24)30)22-15-32-34(2)16-22/h4-18H,3H2,1-2H3,(H2,30,31)(H,33,37). The van der Waals surface area contributed by atoms with Crippen molar-refractivity contribution in [3.05, 3.63) is 107 Å². The highest BCUT2D eigenvalue weighted by Gasteiger charge is 2.16. The van der Waals surface area contributed by atoms with Gasteiger partial charge in [-0.3, -0.25) is 14.3 Å². The van der Waals surface area contributed by atoms with Gasteiger partial charge in [-0.15, -0.1) is 0 Å². The summed E-state index contributed by atoms with van der Waals surface area (Å²) in [6.07, 6.45) is 8.77. The number of aryl methyl sites for hydroxylation is 2. The van der Waals surface area contributed by atoms with E-state index in [4.69, 9.17) is 5.73 Å². The molecular formula is C29H26N6O2. The van der Waals surface area contributed by atoms with Crippen molar-refractivity contribution in [2.24, 2.45) is 7.05 Å². The number of amides is 1. The third-order valence-corrected chi connectivity index (χ3v) is 6.18. The largest absolute Gasteiger partial charge is 0.383 e. The lowest BCUT2D eigenvalue weighted by Gasteiger charge is -2.12. The molecule has 2 aromatic carbocycles. The Kier molecular flexibility index (Phi) is 6.38. The van der Waals surface area contributed by atoms with Gasteiger partial charge < -0.3 is 15.6 Å². The summed E-state index contributed by atoms with van der Waals surface area (Å²) in [4.78, 5) is 30.7. The van der Waals surface area contributed by atoms with Crippen molar-refractivity contribution in [1.82, 2.24) is 19.3 Å². The number of carbonyl (C=O) groups excluding carboxylic acids is 1. The van der Waals surface area contributed by atoms with Crippen molar-refractivity contribution in [3.8, 4) is 33.4 Å². The molecule has 3 heterocycles. The van der Waals surface area contributed by atoms with E-state index in [1.165, 1.54) is 0 Å². The molecule has 5 aromatic rings. The van der Waals surface area contributed by atoms with Gasteiger partial charge in [-0.2, -0.15) is 5.10 Å². The molecule has 8 nitrogen and oxygen atoms in total. The van der Waals surface area contributed by atoms with Crippen LogP contribution in [0.25, 0.3) is 33.4 Å². The number of benzene rings is 2. The molecule has 1 amide bonds. The average Bonchev–Trinajstić information content (AvgIpc) is 3.36. The van der Waals surface area contributed by atoms with E-state index < -0.39 is 5.91 Å². The molecule has 0 saturated carbocycles. The number of hydrogen-bond acceptors (Lipinski definition) is 5. The Morgan fingerprint density at radius 2 is 1.62 bits per heavy atom. The van der Waals surface area contributed by atoms with E-state index >= 15 is 0 Å². The summed E-state index contributed by atoms with van der Waals surface area (Å²) in [6, 6.07) is 18.6. The second-order valence-corrected chi connectivity index (χ2v) is 8.70. The van der Waals surface area contributed by atoms with Crippen LogP contribution in [0.3, 0.4) is 0 Å². The molecule has 0 spiro atoms. The zero-order valence-electron chi connectivity index (χ0n) is 20.6. The second kappa shape index (κ2) is 9.94. The zero-order valence-corrected chi connectivity index (χ0v) is 20.6. The Balaban J connectivity index is 1.41. The summed E-state index contributed by atoms with van der Waals surface area (Å²) in [7, 11) is 1.86. The molecule has 0 bridgehead atoms. The smallest absolute Gasteiger partial charge is 0.261 e. The van der Waals surface area contributed by atoms with Gasteiger partial charge in [-0.25, -0.2) is 4.98 Å². The molecule has 0 aliphatic carbocycles. The van der Waals surface area contributed by atoms with Crippen LogP contribution in [0.2, 0.25) is 0 Å². The second-order valence-electron chi connectivity index (χ2n) is 8.70. The number of nitrogen functional groups attached to an aromatic ring is 1. The summed E-state index contributed by atoms with van der Waals surface area (Å²) in [5.74, 6) is -0.0558. The highest BCUT2D eigenvalue weighted by molar-refractivity contribution is 6.04. The lowest BCUT2D eigenvalue weighted by Crippen LogP contribution is -2.24. The molecular weight excluding hydrogens is 464 g/mol. The van der Waals surface area contributed by atoms with Crippen LogP contribution in [0.4, 0.5) is 11.5 Å². The van der Waals surface area contributed by atoms with Crippen molar-refractivity contribution >= 4 is 17.4 Å². The highest BCUT2D eigenvalue weighted by atomic mass is 16.2. The number of carbonyl (C=O) groups is 1. The van der Waals surface area contributed by atoms with Gasteiger partial charge >= 0.3 is 0 Å². The van der Waals surface area contributed by atoms with Crippen LogP contribution in [-0.2, 0) is 13.6 Å². The molecule has 3 N–H and O–H groups in total. The van der Waals surface area contributed by atoms with Crippen LogP contribution in [0.15, 0.2) is 96.4 Å². The third-order valence-electron chi connectivity index (χ3n) is 6.18. The first kappa shape index (κ1) is 23.7. The molecule has 37 heavy (non-hydrogen) atoms. The molecule has 0 aliphatic rings. The molecule has 0 atom stereocenters. The minimum Gasteiger partial charge on any atom is -0.383 e. The minimum absolute atomic E-state index is 0.0879. The highest BCUT2D eigenvalue weighted by Crippen LogP contribution is 2.30. The quantitative estimate of drug-likeness (QED) is 0.354. The van der Waals surface area contributed by atoms with E-state index in [0.717, 1.165) is 27.8 Å². The SMILES string of the molecule is CCn1cc(C(=O)Nc2ccc(-c3cc(-c4cnn(C)c4)cnc3N)cc2)c(=O)c(-c2ccccc2)c1. The van der Waals surface area contributed by atoms with Gasteiger partial charge in [0.2, 0.25) is 5.43 Å². The summed E-state index contributed by atoms with van der Waals surface area (Å²) >= 11 is 0. The van der Waals surface area contributed by atoms with E-state index in [9.17, 15) is 9.59 Å². The number of pyridine rings is 2. The third kappa shape index (κ3) is 4.90. The molecule has 0 radical (unpaired) electrons. The number of nitrogens with zero attached hydrogens (tertiary/aromatic N) is 4. The van der Waals surface area contributed by atoms with Gasteiger partial charge in [-0.1, -0.05) is 42.5 Å². The van der Waals surface area contributed by atoms with E-state index in [1.54, 1.807) is 41.6 Å². The Labute approximate surface area is 214 Å². The predicted molar refractivity (Wildman–Crippen MR) is 146 cm³/mol. The number of nitrogens with one attached hydrogen (secondary N) is 1. The lowest BCUT2D eigenvalue weighted by molar-refractivity contribution is 0.102. The molecule has 0 unspecified atom stereocenters. The lowest BCUT2D eigenvalue weighted by atomic mass is 10.0. The number of anilines is 2. The molecule has 0 aliphatic heterocycles. The summed E-state index contributed by atoms with van der Waals surface area (Å²) in [5, 5.41) is 7.07. The Bertz CT molecular complexity index is 1640. The Morgan fingerprint density at radius 1 is 0.892 bits per heavy atom. The van der Waals surface area contributed by atoms with Crippen LogP contribution in [0.1, 0.15) is 17.3 Å². The summed E-state index contributed by atoms with van der Waals surface area (Å²) < 4.78 is 3.57. The van der Waals surface area contributed by atoms with Crippen molar-refractivity contribution in [2.45, 2.75) is 13.5 Å². The molecule has 3 aromatic heterocycles. The molecule has 0 fully saturated rings. The Hall–Kier alpha value is -4.98. The van der Waals surface area contributed by atoms with E-state index in [-0.39, 0.29) is 11.0 Å². The average molecular weight is 491 g/mol. The van der Waals surface area contributed by atoms with Gasteiger partial charge in [0.25, 0.3) is 5.91 Å². The number of hydrogen-bond donors (Lipinski definition) is 2. The number of aromatic nitrogens is 4. The van der Waals surface area contributed by atoms with E-state index in [1.807, 2.05) is 73.3 Å². The van der Waals surface area contributed by atoms with Crippen LogP contribution in [0, 0.1) is 0 Å². The topological polar surface area (TPSA) is 108 Å². The minimum atomic E-state index is -0.461. The number of nitrogens with two attached hydrogens (primary N) is 1. The fourth-order valence-electron chi connectivity index (χ4n) is 4.17. The van der Waals surface area contributed by atoms with Gasteiger partial charge in [-0.05, 0) is 36.2 Å². The fraction of sp³-hybridized carbons (Fsp3) is 0.103. The predicted octanol–water partition coefficient (Wildman–Crippen LogP) is 4.83. The monoisotopic (exact) mass is 490 g/mol. The van der Waals surface area contributed by atoms with Crippen LogP contribution in [0.5, 0.6) is 0 Å². The molecule has 5 rings (SSSR count). The first-order chi connectivity index (χ1) is 17.9. The van der Waals surface area contributed by atoms with Gasteiger partial charge in [0, 0.05) is 66.3 Å². The number of rotatable bonds is 6. The fourth-order valence-corrected chi connectivity index (χ4v) is 4.17. The van der Waals surface area contributed by atoms with Crippen LogP contribution < -0.4 is 16.5 Å². The molecule has 8 heteroatoms. The van der Waals surface area contributed by atoms with E-state index in [0.29, 0.717) is 23.6 Å². The maximum Gasteiger partial charge on any atom is 0.261 e. The summed E-state index contributed by atoms with van der Waals surface area (Å²) in [6.45, 7) is 2.59. The first-order valence-corrected chi connectivity index (χ1v) is 11.9. The van der Waals surface area contributed by atoms with Crippen molar-refractivity contribution < 1.29 is 4.79 Å². The summed E-state index contributed by atoms with van der Waals surface area (Å²) in [5.41, 5.74) is 11.2. The van der Waals surface area contributed by atoms with Gasteiger partial charge in [0.1, 0.15) is 11.4 Å².